The molecule has 2 aromatic heterocycles. The van der Waals surface area contributed by atoms with Gasteiger partial charge in [0.15, 0.2) is 0 Å². The van der Waals surface area contributed by atoms with Crippen molar-refractivity contribution in [3.8, 4) is 0 Å². The Balaban J connectivity index is 1.46. The molecule has 1 aliphatic rings. The minimum Gasteiger partial charge on any atom is -0.360 e. The van der Waals surface area contributed by atoms with E-state index in [1.165, 1.54) is 12.1 Å². The lowest BCUT2D eigenvalue weighted by molar-refractivity contribution is -0.384. The Bertz CT molecular complexity index is 1050. The largest absolute Gasteiger partial charge is 0.360 e. The first-order valence-corrected chi connectivity index (χ1v) is 8.79. The maximum Gasteiger partial charge on any atom is 0.272 e. The van der Waals surface area contributed by atoms with Crippen molar-refractivity contribution in [2.45, 2.75) is 0 Å². The van der Waals surface area contributed by atoms with E-state index in [2.05, 4.69) is 9.97 Å². The van der Waals surface area contributed by atoms with Crippen molar-refractivity contribution in [1.82, 2.24) is 19.8 Å². The van der Waals surface area contributed by atoms with Gasteiger partial charge in [0.05, 0.1) is 16.0 Å². The number of nitrogens with zero attached hydrogens (tertiary/aromatic N) is 4. The van der Waals surface area contributed by atoms with Gasteiger partial charge in [-0.1, -0.05) is 6.07 Å². The number of hydrogen-bond donors (Lipinski definition) is 1. The molecule has 0 aliphatic carbocycles. The summed E-state index contributed by atoms with van der Waals surface area (Å²) in [5, 5.41) is 11.5. The van der Waals surface area contributed by atoms with Crippen LogP contribution >= 0.6 is 0 Å². The van der Waals surface area contributed by atoms with Gasteiger partial charge >= 0.3 is 0 Å². The highest BCUT2D eigenvalue weighted by Crippen LogP contribution is 2.24. The number of benzene rings is 1. The number of non-ortho nitro benzene ring substituents is 1. The SMILES string of the molecule is O=C(c1ccccn1)N1CCN(C(=O)c2c[nH]c3cc([N+](=O)[O-])ccc23)CC1. The van der Waals surface area contributed by atoms with Crippen LogP contribution in [0.4, 0.5) is 5.69 Å². The molecule has 1 aliphatic heterocycles. The van der Waals surface area contributed by atoms with Crippen LogP contribution in [0.3, 0.4) is 0 Å². The van der Waals surface area contributed by atoms with Gasteiger partial charge in [-0.15, -0.1) is 0 Å². The molecular formula is C19H17N5O4. The highest BCUT2D eigenvalue weighted by molar-refractivity contribution is 6.07. The number of pyridine rings is 1. The van der Waals surface area contributed by atoms with Crippen LogP contribution in [0.2, 0.25) is 0 Å². The maximum absolute atomic E-state index is 12.9. The highest BCUT2D eigenvalue weighted by Gasteiger charge is 2.27. The molecular weight excluding hydrogens is 362 g/mol. The van der Waals surface area contributed by atoms with E-state index in [1.54, 1.807) is 46.5 Å². The van der Waals surface area contributed by atoms with Gasteiger partial charge < -0.3 is 14.8 Å². The van der Waals surface area contributed by atoms with Gasteiger partial charge in [0.1, 0.15) is 5.69 Å². The van der Waals surface area contributed by atoms with Crippen LogP contribution in [-0.2, 0) is 0 Å². The number of aromatic nitrogens is 2. The van der Waals surface area contributed by atoms with Crippen molar-refractivity contribution in [1.29, 1.82) is 0 Å². The van der Waals surface area contributed by atoms with Gasteiger partial charge in [-0.3, -0.25) is 24.7 Å². The number of hydrogen-bond acceptors (Lipinski definition) is 5. The summed E-state index contributed by atoms with van der Waals surface area (Å²) in [7, 11) is 0. The van der Waals surface area contributed by atoms with Crippen LogP contribution < -0.4 is 0 Å². The number of H-pyrrole nitrogens is 1. The molecule has 28 heavy (non-hydrogen) atoms. The zero-order valence-corrected chi connectivity index (χ0v) is 14.9. The van der Waals surface area contributed by atoms with Crippen molar-refractivity contribution in [3.05, 3.63) is 70.2 Å². The predicted molar refractivity (Wildman–Crippen MR) is 101 cm³/mol. The second kappa shape index (κ2) is 7.10. The quantitative estimate of drug-likeness (QED) is 0.553. The Hall–Kier alpha value is -3.75. The first-order valence-electron chi connectivity index (χ1n) is 8.79. The van der Waals surface area contributed by atoms with Crippen LogP contribution in [0.1, 0.15) is 20.8 Å². The number of carbonyl (C=O) groups is 2. The summed E-state index contributed by atoms with van der Waals surface area (Å²) < 4.78 is 0. The van der Waals surface area contributed by atoms with Gasteiger partial charge in [-0.05, 0) is 18.2 Å². The number of carbonyl (C=O) groups excluding carboxylic acids is 2. The Morgan fingerprint density at radius 2 is 1.75 bits per heavy atom. The molecule has 1 aromatic carbocycles. The predicted octanol–water partition coefficient (Wildman–Crippen LogP) is 2.07. The average molecular weight is 379 g/mol. The number of nitro groups is 1. The Morgan fingerprint density at radius 1 is 1.04 bits per heavy atom. The summed E-state index contributed by atoms with van der Waals surface area (Å²) in [4.78, 5) is 46.2. The molecule has 142 valence electrons. The summed E-state index contributed by atoms with van der Waals surface area (Å²) >= 11 is 0. The van der Waals surface area contributed by atoms with E-state index in [4.69, 9.17) is 0 Å². The molecule has 1 fully saturated rings. The number of rotatable bonds is 3. The molecule has 3 aromatic rings. The maximum atomic E-state index is 12.9. The highest BCUT2D eigenvalue weighted by atomic mass is 16.6. The number of nitro benzene ring substituents is 1. The molecule has 1 N–H and O–H groups in total. The Morgan fingerprint density at radius 3 is 2.39 bits per heavy atom. The van der Waals surface area contributed by atoms with Crippen LogP contribution in [-0.4, -0.2) is 62.7 Å². The molecule has 3 heterocycles. The molecule has 0 radical (unpaired) electrons. The first kappa shape index (κ1) is 17.7. The Kier molecular flexibility index (Phi) is 4.48. The third-order valence-electron chi connectivity index (χ3n) is 4.84. The fraction of sp³-hybridized carbons (Fsp3) is 0.211. The van der Waals surface area contributed by atoms with E-state index in [9.17, 15) is 19.7 Å². The summed E-state index contributed by atoms with van der Waals surface area (Å²) in [6.45, 7) is 1.68. The zero-order chi connectivity index (χ0) is 19.7. The lowest BCUT2D eigenvalue weighted by Gasteiger charge is -2.34. The smallest absolute Gasteiger partial charge is 0.272 e. The van der Waals surface area contributed by atoms with E-state index in [0.29, 0.717) is 48.3 Å². The minimum absolute atomic E-state index is 0.0324. The van der Waals surface area contributed by atoms with Gasteiger partial charge in [0.2, 0.25) is 0 Å². The van der Waals surface area contributed by atoms with Crippen molar-refractivity contribution < 1.29 is 14.5 Å². The third kappa shape index (κ3) is 3.18. The van der Waals surface area contributed by atoms with Crippen LogP contribution in [0.15, 0.2) is 48.8 Å². The van der Waals surface area contributed by atoms with Crippen LogP contribution in [0, 0.1) is 10.1 Å². The van der Waals surface area contributed by atoms with Gasteiger partial charge in [-0.25, -0.2) is 0 Å². The minimum atomic E-state index is -0.473. The van der Waals surface area contributed by atoms with E-state index >= 15 is 0 Å². The molecule has 9 heteroatoms. The van der Waals surface area contributed by atoms with Gasteiger partial charge in [0, 0.05) is 56.1 Å². The number of aromatic amines is 1. The normalized spacial score (nSPS) is 14.3. The van der Waals surface area contributed by atoms with E-state index < -0.39 is 4.92 Å². The van der Waals surface area contributed by atoms with Crippen molar-refractivity contribution in [2.75, 3.05) is 26.2 Å². The molecule has 0 spiro atoms. The fourth-order valence-electron chi connectivity index (χ4n) is 3.34. The average Bonchev–Trinajstić information content (AvgIpc) is 3.16. The first-order chi connectivity index (χ1) is 13.5. The lowest BCUT2D eigenvalue weighted by Crippen LogP contribution is -2.50. The van der Waals surface area contributed by atoms with Crippen molar-refractivity contribution in [2.24, 2.45) is 0 Å². The number of fused-ring (bicyclic) bond motifs is 1. The summed E-state index contributed by atoms with van der Waals surface area (Å²) in [6, 6.07) is 9.57. The molecule has 0 atom stereocenters. The molecule has 0 saturated carbocycles. The summed E-state index contributed by atoms with van der Waals surface area (Å²) in [5.41, 5.74) is 1.37. The standard InChI is InChI=1S/C19H17N5O4/c25-18(15-12-21-17-11-13(24(27)28)4-5-14(15)17)22-7-9-23(10-8-22)19(26)16-3-1-2-6-20-16/h1-6,11-12,21H,7-10H2. The second-order valence-electron chi connectivity index (χ2n) is 6.49. The summed E-state index contributed by atoms with van der Waals surface area (Å²) in [5.74, 6) is -0.308. The third-order valence-corrected chi connectivity index (χ3v) is 4.84. The van der Waals surface area contributed by atoms with Crippen molar-refractivity contribution >= 4 is 28.4 Å². The molecule has 1 saturated heterocycles. The molecule has 4 rings (SSSR count). The summed E-state index contributed by atoms with van der Waals surface area (Å²) in [6.07, 6.45) is 3.15. The van der Waals surface area contributed by atoms with Gasteiger partial charge in [-0.2, -0.15) is 0 Å². The van der Waals surface area contributed by atoms with Gasteiger partial charge in [0.25, 0.3) is 17.5 Å². The van der Waals surface area contributed by atoms with E-state index in [0.717, 1.165) is 0 Å². The fourth-order valence-corrected chi connectivity index (χ4v) is 3.34. The molecule has 0 unspecified atom stereocenters. The number of piperazine rings is 1. The molecule has 2 amide bonds. The zero-order valence-electron chi connectivity index (χ0n) is 14.9. The second-order valence-corrected chi connectivity index (χ2v) is 6.49. The van der Waals surface area contributed by atoms with E-state index in [1.807, 2.05) is 0 Å². The van der Waals surface area contributed by atoms with Crippen molar-refractivity contribution in [3.63, 3.8) is 0 Å². The van der Waals surface area contributed by atoms with Crippen LogP contribution in [0.5, 0.6) is 0 Å². The Labute approximate surface area is 159 Å². The lowest BCUT2D eigenvalue weighted by atomic mass is 10.1. The molecule has 9 nitrogen and oxygen atoms in total. The molecule has 0 bridgehead atoms. The van der Waals surface area contributed by atoms with Crippen LogP contribution in [0.25, 0.3) is 10.9 Å². The number of amides is 2. The number of nitrogens with one attached hydrogen (secondary N) is 1. The monoisotopic (exact) mass is 379 g/mol. The topological polar surface area (TPSA) is 112 Å². The van der Waals surface area contributed by atoms with E-state index in [-0.39, 0.29) is 17.5 Å².